The summed E-state index contributed by atoms with van der Waals surface area (Å²) in [6.45, 7) is 4.20. The quantitative estimate of drug-likeness (QED) is 0.376. The molecule has 0 aromatic heterocycles. The molecule has 0 radical (unpaired) electrons. The van der Waals surface area contributed by atoms with Crippen molar-refractivity contribution in [3.63, 3.8) is 0 Å². The monoisotopic (exact) mass is 414 g/mol. The van der Waals surface area contributed by atoms with Crippen molar-refractivity contribution in [3.05, 3.63) is 90.0 Å². The van der Waals surface area contributed by atoms with E-state index in [4.69, 9.17) is 4.74 Å². The minimum absolute atomic E-state index is 0.158. The van der Waals surface area contributed by atoms with Crippen LogP contribution in [0.1, 0.15) is 37.8 Å². The van der Waals surface area contributed by atoms with Crippen LogP contribution in [0.3, 0.4) is 0 Å². The van der Waals surface area contributed by atoms with Gasteiger partial charge in [0.2, 0.25) is 0 Å². The number of hydrogen-bond donors (Lipinski definition) is 0. The van der Waals surface area contributed by atoms with Gasteiger partial charge in [0.1, 0.15) is 17.2 Å². The number of aryl methyl sites for hydroxylation is 1. The van der Waals surface area contributed by atoms with Gasteiger partial charge in [0.15, 0.2) is 0 Å². The number of para-hydroxylation sites is 1. The van der Waals surface area contributed by atoms with E-state index >= 15 is 0 Å². The van der Waals surface area contributed by atoms with Gasteiger partial charge in [-0.2, -0.15) is 0 Å². The molecule has 2 nitrogen and oxygen atoms in total. The predicted molar refractivity (Wildman–Crippen MR) is 112 cm³/mol. The van der Waals surface area contributed by atoms with Crippen LogP contribution in [0, 0.1) is 0 Å². The second-order valence-corrected chi connectivity index (χ2v) is 7.87. The summed E-state index contributed by atoms with van der Waals surface area (Å²) >= 11 is 0. The van der Waals surface area contributed by atoms with Crippen molar-refractivity contribution in [1.29, 1.82) is 0 Å². The molecule has 3 aromatic carbocycles. The van der Waals surface area contributed by atoms with Crippen LogP contribution in [0.15, 0.2) is 78.9 Å². The first-order valence-electron chi connectivity index (χ1n) is 9.89. The minimum Gasteiger partial charge on any atom is -0.457 e. The number of halogens is 3. The number of benzene rings is 3. The van der Waals surface area contributed by atoms with E-state index < -0.39 is 6.36 Å². The van der Waals surface area contributed by atoms with Crippen molar-refractivity contribution >= 4 is 0 Å². The summed E-state index contributed by atoms with van der Waals surface area (Å²) in [7, 11) is 0. The summed E-state index contributed by atoms with van der Waals surface area (Å²) in [5, 5.41) is 0. The first-order chi connectivity index (χ1) is 14.2. The van der Waals surface area contributed by atoms with E-state index in [9.17, 15) is 13.2 Å². The Morgan fingerprint density at radius 1 is 0.733 bits per heavy atom. The molecule has 0 atom stereocenters. The van der Waals surface area contributed by atoms with E-state index in [-0.39, 0.29) is 11.2 Å². The Labute approximate surface area is 175 Å². The van der Waals surface area contributed by atoms with Gasteiger partial charge >= 0.3 is 6.36 Å². The minimum atomic E-state index is -4.67. The van der Waals surface area contributed by atoms with E-state index in [2.05, 4.69) is 24.7 Å². The number of hydrogen-bond acceptors (Lipinski definition) is 2. The van der Waals surface area contributed by atoms with Crippen LogP contribution in [0.25, 0.3) is 0 Å². The number of rotatable bonds is 8. The average molecular weight is 414 g/mol. The first kappa shape index (κ1) is 21.8. The van der Waals surface area contributed by atoms with Crippen molar-refractivity contribution in [2.75, 3.05) is 0 Å². The normalized spacial score (nSPS) is 11.9. The predicted octanol–water partition coefficient (Wildman–Crippen LogP) is 7.68. The maximum absolute atomic E-state index is 12.3. The van der Waals surface area contributed by atoms with E-state index in [0.29, 0.717) is 0 Å². The second kappa shape index (κ2) is 9.24. The van der Waals surface area contributed by atoms with Crippen molar-refractivity contribution in [1.82, 2.24) is 0 Å². The molecular weight excluding hydrogens is 389 g/mol. The Morgan fingerprint density at radius 3 is 2.07 bits per heavy atom. The zero-order valence-electron chi connectivity index (χ0n) is 17.1. The average Bonchev–Trinajstić information content (AvgIpc) is 2.68. The Kier molecular flexibility index (Phi) is 6.70. The van der Waals surface area contributed by atoms with E-state index in [1.54, 1.807) is 12.1 Å². The molecule has 0 amide bonds. The second-order valence-electron chi connectivity index (χ2n) is 7.87. The molecular formula is C25H25F3O2. The zero-order valence-corrected chi connectivity index (χ0v) is 17.1. The Hall–Kier alpha value is -2.95. The van der Waals surface area contributed by atoms with Gasteiger partial charge in [0, 0.05) is 0 Å². The van der Waals surface area contributed by atoms with Crippen LogP contribution in [0.2, 0.25) is 0 Å². The van der Waals surface area contributed by atoms with Gasteiger partial charge < -0.3 is 9.47 Å². The Bertz CT molecular complexity index is 933. The highest BCUT2D eigenvalue weighted by Gasteiger charge is 2.31. The molecule has 30 heavy (non-hydrogen) atoms. The van der Waals surface area contributed by atoms with Crippen molar-refractivity contribution in [2.45, 2.75) is 44.9 Å². The Morgan fingerprint density at radius 2 is 1.40 bits per heavy atom. The van der Waals surface area contributed by atoms with E-state index in [1.807, 2.05) is 48.5 Å². The number of ether oxygens (including phenoxy) is 2. The summed E-state index contributed by atoms with van der Waals surface area (Å²) in [6.07, 6.45) is -1.93. The summed E-state index contributed by atoms with van der Waals surface area (Å²) < 4.78 is 46.8. The molecule has 3 aromatic rings. The van der Waals surface area contributed by atoms with Gasteiger partial charge in [-0.05, 0) is 72.2 Å². The van der Waals surface area contributed by atoms with Crippen LogP contribution in [-0.2, 0) is 11.8 Å². The van der Waals surface area contributed by atoms with Gasteiger partial charge in [-0.25, -0.2) is 0 Å². The van der Waals surface area contributed by atoms with Crippen LogP contribution in [0.4, 0.5) is 13.2 Å². The van der Waals surface area contributed by atoms with Crippen LogP contribution in [0.5, 0.6) is 17.2 Å². The third-order valence-electron chi connectivity index (χ3n) is 5.01. The highest BCUT2D eigenvalue weighted by Crippen LogP contribution is 2.32. The fraction of sp³-hybridized carbons (Fsp3) is 0.280. The molecule has 0 saturated heterocycles. The van der Waals surface area contributed by atoms with Crippen LogP contribution in [-0.4, -0.2) is 6.36 Å². The topological polar surface area (TPSA) is 18.5 Å². The lowest BCUT2D eigenvalue weighted by Gasteiger charge is -2.25. The molecule has 0 aliphatic rings. The molecule has 3 rings (SSSR count). The van der Waals surface area contributed by atoms with Gasteiger partial charge in [-0.3, -0.25) is 0 Å². The van der Waals surface area contributed by atoms with Gasteiger partial charge in [0.05, 0.1) is 0 Å². The van der Waals surface area contributed by atoms with Crippen molar-refractivity contribution in [3.8, 4) is 17.2 Å². The van der Waals surface area contributed by atoms with Crippen LogP contribution >= 0.6 is 0 Å². The summed E-state index contributed by atoms with van der Waals surface area (Å²) in [4.78, 5) is 0. The molecule has 5 heteroatoms. The maximum atomic E-state index is 12.3. The van der Waals surface area contributed by atoms with Crippen molar-refractivity contribution in [2.24, 2.45) is 0 Å². The molecule has 0 spiro atoms. The molecule has 0 bridgehead atoms. The lowest BCUT2D eigenvalue weighted by Crippen LogP contribution is -2.19. The third-order valence-corrected chi connectivity index (χ3v) is 5.01. The molecule has 0 fully saturated rings. The highest BCUT2D eigenvalue weighted by atomic mass is 19.4. The lowest BCUT2D eigenvalue weighted by molar-refractivity contribution is -0.274. The summed E-state index contributed by atoms with van der Waals surface area (Å²) in [6, 6.07) is 23.8. The van der Waals surface area contributed by atoms with Crippen LogP contribution < -0.4 is 9.47 Å². The molecule has 0 heterocycles. The fourth-order valence-electron chi connectivity index (χ4n) is 3.38. The molecule has 0 saturated carbocycles. The molecule has 0 N–H and O–H groups in total. The fourth-order valence-corrected chi connectivity index (χ4v) is 3.38. The molecule has 0 unspecified atom stereocenters. The van der Waals surface area contributed by atoms with Gasteiger partial charge in [-0.1, -0.05) is 56.3 Å². The van der Waals surface area contributed by atoms with E-state index in [1.165, 1.54) is 17.7 Å². The first-order valence-corrected chi connectivity index (χ1v) is 9.89. The third kappa shape index (κ3) is 6.55. The highest BCUT2D eigenvalue weighted by molar-refractivity contribution is 5.34. The zero-order chi connectivity index (χ0) is 21.6. The molecule has 0 aliphatic carbocycles. The smallest absolute Gasteiger partial charge is 0.457 e. The lowest BCUT2D eigenvalue weighted by atomic mass is 9.80. The Balaban J connectivity index is 1.55. The SMILES string of the molecule is CC(C)(CCCc1cccc(Oc2ccccc2)c1)c1ccc(OC(F)(F)F)cc1. The summed E-state index contributed by atoms with van der Waals surface area (Å²) in [5.41, 5.74) is 2.01. The van der Waals surface area contributed by atoms with Gasteiger partial charge in [-0.15, -0.1) is 13.2 Å². The van der Waals surface area contributed by atoms with E-state index in [0.717, 1.165) is 36.3 Å². The maximum Gasteiger partial charge on any atom is 0.573 e. The molecule has 158 valence electrons. The summed E-state index contributed by atoms with van der Waals surface area (Å²) in [5.74, 6) is 1.41. The largest absolute Gasteiger partial charge is 0.573 e. The number of alkyl halides is 3. The van der Waals surface area contributed by atoms with Gasteiger partial charge in [0.25, 0.3) is 0 Å². The molecule has 0 aliphatic heterocycles. The van der Waals surface area contributed by atoms with Crippen molar-refractivity contribution < 1.29 is 22.6 Å². The standard InChI is InChI=1S/C25H25F3O2/c1-24(2,20-13-15-22(16-14-20)30-25(26,27)28)17-7-9-19-8-6-12-23(18-19)29-21-10-4-3-5-11-21/h3-6,8,10-16,18H,7,9,17H2,1-2H3.